The van der Waals surface area contributed by atoms with Crippen LogP contribution < -0.4 is 4.74 Å². The second kappa shape index (κ2) is 10.1. The summed E-state index contributed by atoms with van der Waals surface area (Å²) in [6.45, 7) is 4.71. The Morgan fingerprint density at radius 2 is 1.74 bits per heavy atom. The first kappa shape index (κ1) is 23.0. The van der Waals surface area contributed by atoms with Crippen molar-refractivity contribution in [3.8, 4) is 5.75 Å². The molecule has 0 aromatic heterocycles. The van der Waals surface area contributed by atoms with Crippen LogP contribution in [0, 0.1) is 0 Å². The minimum absolute atomic E-state index is 0.0854. The minimum atomic E-state index is -0.689. The molecule has 1 aliphatic rings. The maximum absolute atomic E-state index is 13.0. The maximum atomic E-state index is 13.0. The molecule has 0 bridgehead atoms. The molecule has 0 spiro atoms. The fourth-order valence-corrected chi connectivity index (χ4v) is 3.82. The van der Waals surface area contributed by atoms with E-state index in [2.05, 4.69) is 15.9 Å². The highest BCUT2D eigenvalue weighted by molar-refractivity contribution is 9.10. The Kier molecular flexibility index (Phi) is 7.51. The number of benzene rings is 2. The van der Waals surface area contributed by atoms with E-state index in [0.29, 0.717) is 30.9 Å². The lowest BCUT2D eigenvalue weighted by atomic mass is 9.95. The van der Waals surface area contributed by atoms with Crippen molar-refractivity contribution in [3.63, 3.8) is 0 Å². The molecule has 0 saturated carbocycles. The number of methoxy groups -OCH3 is 1. The van der Waals surface area contributed by atoms with Gasteiger partial charge in [0, 0.05) is 23.2 Å². The van der Waals surface area contributed by atoms with Crippen molar-refractivity contribution in [2.75, 3.05) is 20.3 Å². The molecule has 0 radical (unpaired) electrons. The van der Waals surface area contributed by atoms with E-state index in [9.17, 15) is 14.7 Å². The molecule has 1 unspecified atom stereocenters. The first-order valence-corrected chi connectivity index (χ1v) is 10.9. The summed E-state index contributed by atoms with van der Waals surface area (Å²) in [5.74, 6) is -0.832. The van der Waals surface area contributed by atoms with Gasteiger partial charge in [-0.15, -0.1) is 0 Å². The predicted molar refractivity (Wildman–Crippen MR) is 122 cm³/mol. The highest BCUT2D eigenvalue weighted by Crippen LogP contribution is 2.40. The first-order chi connectivity index (χ1) is 14.8. The molecule has 1 N–H and O–H groups in total. The number of aliphatic hydroxyl groups is 1. The average Bonchev–Trinajstić information content (AvgIpc) is 3.01. The van der Waals surface area contributed by atoms with Crippen LogP contribution in [0.2, 0.25) is 0 Å². The Balaban J connectivity index is 2.02. The Morgan fingerprint density at radius 3 is 2.32 bits per heavy atom. The number of ether oxygens (including phenoxy) is 2. The van der Waals surface area contributed by atoms with E-state index in [0.717, 1.165) is 10.0 Å². The lowest BCUT2D eigenvalue weighted by Crippen LogP contribution is -2.31. The molecule has 164 valence electrons. The van der Waals surface area contributed by atoms with Gasteiger partial charge in [0.15, 0.2) is 0 Å². The number of halogens is 1. The summed E-state index contributed by atoms with van der Waals surface area (Å²) in [6.07, 6.45) is 0.668. The summed E-state index contributed by atoms with van der Waals surface area (Å²) < 4.78 is 11.7. The predicted octanol–water partition coefficient (Wildman–Crippen LogP) is 4.69. The summed E-state index contributed by atoms with van der Waals surface area (Å²) in [7, 11) is 1.57. The normalized spacial score (nSPS) is 18.1. The largest absolute Gasteiger partial charge is 0.507 e. The van der Waals surface area contributed by atoms with Crippen LogP contribution in [0.5, 0.6) is 5.75 Å². The smallest absolute Gasteiger partial charge is 0.295 e. The Bertz CT molecular complexity index is 966. The summed E-state index contributed by atoms with van der Waals surface area (Å²) in [5, 5.41) is 11.0. The second-order valence-electron chi connectivity index (χ2n) is 7.55. The molecule has 1 heterocycles. The van der Waals surface area contributed by atoms with Crippen molar-refractivity contribution in [3.05, 3.63) is 69.7 Å². The number of likely N-dealkylation sites (tertiary alicyclic amines) is 1. The number of carbonyl (C=O) groups is 2. The van der Waals surface area contributed by atoms with Crippen molar-refractivity contribution in [2.24, 2.45) is 0 Å². The molecule has 7 heteroatoms. The molecule has 31 heavy (non-hydrogen) atoms. The third-order valence-corrected chi connectivity index (χ3v) is 5.61. The molecule has 0 aliphatic carbocycles. The van der Waals surface area contributed by atoms with Crippen LogP contribution in [0.4, 0.5) is 0 Å². The summed E-state index contributed by atoms with van der Waals surface area (Å²) in [4.78, 5) is 27.4. The number of Topliss-reactive ketones (excluding diaryl/α,β-unsaturated/α-hetero) is 1. The van der Waals surface area contributed by atoms with Crippen LogP contribution in [0.1, 0.15) is 37.4 Å². The van der Waals surface area contributed by atoms with E-state index >= 15 is 0 Å². The second-order valence-corrected chi connectivity index (χ2v) is 8.46. The summed E-state index contributed by atoms with van der Waals surface area (Å²) in [6, 6.07) is 13.4. The molecule has 1 amide bonds. The van der Waals surface area contributed by atoms with Gasteiger partial charge in [0.2, 0.25) is 0 Å². The van der Waals surface area contributed by atoms with E-state index in [1.807, 2.05) is 26.0 Å². The molecule has 1 saturated heterocycles. The molecule has 6 nitrogen and oxygen atoms in total. The number of ketones is 1. The van der Waals surface area contributed by atoms with E-state index in [-0.39, 0.29) is 17.4 Å². The maximum Gasteiger partial charge on any atom is 0.295 e. The quantitative estimate of drug-likeness (QED) is 0.253. The van der Waals surface area contributed by atoms with Gasteiger partial charge in [0.05, 0.1) is 24.8 Å². The third-order valence-electron chi connectivity index (χ3n) is 5.08. The van der Waals surface area contributed by atoms with Gasteiger partial charge in [0.25, 0.3) is 11.7 Å². The number of rotatable bonds is 8. The van der Waals surface area contributed by atoms with Gasteiger partial charge in [0.1, 0.15) is 11.5 Å². The number of carbonyl (C=O) groups excluding carboxylic acids is 2. The standard InChI is InChI=1S/C24H26BrNO5/c1-15(2)31-14-4-13-26-21(16-7-11-19(30-3)12-8-16)20(23(28)24(26)29)22(27)17-5-9-18(25)10-6-17/h5-12,15,21,27H,4,13-14H2,1-3H3/b22-20-. The van der Waals surface area contributed by atoms with E-state index in [1.54, 1.807) is 43.5 Å². The number of aliphatic hydroxyl groups excluding tert-OH is 1. The molecule has 1 atom stereocenters. The van der Waals surface area contributed by atoms with Gasteiger partial charge in [-0.05, 0) is 50.1 Å². The lowest BCUT2D eigenvalue weighted by molar-refractivity contribution is -0.140. The highest BCUT2D eigenvalue weighted by Gasteiger charge is 2.45. The van der Waals surface area contributed by atoms with Crippen LogP contribution in [-0.2, 0) is 14.3 Å². The van der Waals surface area contributed by atoms with Crippen molar-refractivity contribution >= 4 is 33.4 Å². The molecule has 2 aromatic rings. The van der Waals surface area contributed by atoms with Crippen molar-refractivity contribution < 1.29 is 24.2 Å². The van der Waals surface area contributed by atoms with Gasteiger partial charge >= 0.3 is 0 Å². The van der Waals surface area contributed by atoms with Gasteiger partial charge in [-0.2, -0.15) is 0 Å². The van der Waals surface area contributed by atoms with E-state index in [1.165, 1.54) is 4.90 Å². The Hall–Kier alpha value is -2.64. The molecular formula is C24H26BrNO5. The van der Waals surface area contributed by atoms with Crippen LogP contribution in [0.25, 0.3) is 5.76 Å². The van der Waals surface area contributed by atoms with Crippen molar-refractivity contribution in [1.82, 2.24) is 4.90 Å². The van der Waals surface area contributed by atoms with E-state index < -0.39 is 17.7 Å². The van der Waals surface area contributed by atoms with Crippen molar-refractivity contribution in [1.29, 1.82) is 0 Å². The third kappa shape index (κ3) is 5.17. The molecule has 1 fully saturated rings. The zero-order valence-corrected chi connectivity index (χ0v) is 19.4. The lowest BCUT2D eigenvalue weighted by Gasteiger charge is -2.25. The SMILES string of the molecule is COc1ccc(C2/C(=C(/O)c3ccc(Br)cc3)C(=O)C(=O)N2CCCOC(C)C)cc1. The Labute approximate surface area is 190 Å². The number of hydrogen-bond donors (Lipinski definition) is 1. The molecule has 1 aliphatic heterocycles. The van der Waals surface area contributed by atoms with Crippen LogP contribution in [-0.4, -0.2) is 48.1 Å². The number of amides is 1. The zero-order valence-electron chi connectivity index (χ0n) is 17.8. The number of nitrogens with zero attached hydrogens (tertiary/aromatic N) is 1. The van der Waals surface area contributed by atoms with Gasteiger partial charge < -0.3 is 19.5 Å². The molecule has 3 rings (SSSR count). The van der Waals surface area contributed by atoms with Crippen LogP contribution in [0.3, 0.4) is 0 Å². The fourth-order valence-electron chi connectivity index (χ4n) is 3.56. The highest BCUT2D eigenvalue weighted by atomic mass is 79.9. The van der Waals surface area contributed by atoms with E-state index in [4.69, 9.17) is 9.47 Å². The summed E-state index contributed by atoms with van der Waals surface area (Å²) >= 11 is 3.37. The van der Waals surface area contributed by atoms with Gasteiger partial charge in [-0.25, -0.2) is 0 Å². The van der Waals surface area contributed by atoms with Crippen molar-refractivity contribution in [2.45, 2.75) is 32.4 Å². The number of hydrogen-bond acceptors (Lipinski definition) is 5. The minimum Gasteiger partial charge on any atom is -0.507 e. The topological polar surface area (TPSA) is 76.1 Å². The molecule has 2 aromatic carbocycles. The van der Waals surface area contributed by atoms with Gasteiger partial charge in [-0.3, -0.25) is 9.59 Å². The average molecular weight is 488 g/mol. The van der Waals surface area contributed by atoms with Gasteiger partial charge in [-0.1, -0.05) is 40.2 Å². The Morgan fingerprint density at radius 1 is 1.10 bits per heavy atom. The monoisotopic (exact) mass is 487 g/mol. The molecular weight excluding hydrogens is 462 g/mol. The van der Waals surface area contributed by atoms with Crippen LogP contribution in [0.15, 0.2) is 58.6 Å². The zero-order chi connectivity index (χ0) is 22.5. The summed E-state index contributed by atoms with van der Waals surface area (Å²) in [5.41, 5.74) is 1.29. The fraction of sp³-hybridized carbons (Fsp3) is 0.333. The first-order valence-electron chi connectivity index (χ1n) is 10.1. The van der Waals surface area contributed by atoms with Crippen LogP contribution >= 0.6 is 15.9 Å².